The van der Waals surface area contributed by atoms with E-state index in [1.165, 1.54) is 16.7 Å². The van der Waals surface area contributed by atoms with Crippen molar-refractivity contribution in [3.63, 3.8) is 0 Å². The van der Waals surface area contributed by atoms with Crippen LogP contribution < -0.4 is 0 Å². The molecule has 0 bridgehead atoms. The molecule has 1 aliphatic rings. The molecule has 1 aromatic carbocycles. The van der Waals surface area contributed by atoms with Gasteiger partial charge in [-0.15, -0.1) is 0 Å². The Hall–Kier alpha value is -0.900. The van der Waals surface area contributed by atoms with Crippen molar-refractivity contribution in [1.29, 1.82) is 0 Å². The largest absolute Gasteiger partial charge is 0.389 e. The second kappa shape index (κ2) is 4.53. The number of hydrogen-bond donors (Lipinski definition) is 2. The molecule has 1 fully saturated rings. The normalized spacial score (nSPS) is 26.2. The van der Waals surface area contributed by atoms with Gasteiger partial charge in [-0.05, 0) is 30.5 Å². The second-order valence-electron chi connectivity index (χ2n) is 4.70. The number of aliphatic hydroxyl groups is 2. The fraction of sp³-hybridized carbons (Fsp3) is 0.538. The van der Waals surface area contributed by atoms with Crippen molar-refractivity contribution in [2.45, 2.75) is 32.6 Å². The lowest BCUT2D eigenvalue weighted by Gasteiger charge is -2.18. The third-order valence-electron chi connectivity index (χ3n) is 3.36. The summed E-state index contributed by atoms with van der Waals surface area (Å²) in [4.78, 5) is 2.10. The highest BCUT2D eigenvalue weighted by molar-refractivity contribution is 5.33. The van der Waals surface area contributed by atoms with Crippen molar-refractivity contribution in [2.75, 3.05) is 13.1 Å². The first-order valence-electron chi connectivity index (χ1n) is 5.71. The van der Waals surface area contributed by atoms with E-state index in [2.05, 4.69) is 36.9 Å². The Bertz CT molecular complexity index is 348. The van der Waals surface area contributed by atoms with Crippen molar-refractivity contribution in [3.8, 4) is 0 Å². The summed E-state index contributed by atoms with van der Waals surface area (Å²) in [5.74, 6) is 0. The molecule has 3 heteroatoms. The van der Waals surface area contributed by atoms with Crippen molar-refractivity contribution in [3.05, 3.63) is 34.9 Å². The van der Waals surface area contributed by atoms with Gasteiger partial charge in [-0.25, -0.2) is 0 Å². The average molecular weight is 221 g/mol. The first-order chi connectivity index (χ1) is 7.58. The van der Waals surface area contributed by atoms with E-state index in [1.54, 1.807) is 0 Å². The SMILES string of the molecule is Cc1cccc(C)c1CN1C[C@@H](O)[C@@H](O)C1. The summed E-state index contributed by atoms with van der Waals surface area (Å²) >= 11 is 0. The van der Waals surface area contributed by atoms with E-state index < -0.39 is 12.2 Å². The van der Waals surface area contributed by atoms with Gasteiger partial charge in [0.15, 0.2) is 0 Å². The Labute approximate surface area is 96.3 Å². The van der Waals surface area contributed by atoms with Crippen LogP contribution >= 0.6 is 0 Å². The van der Waals surface area contributed by atoms with Crippen LogP contribution in [0.15, 0.2) is 18.2 Å². The number of rotatable bonds is 2. The Morgan fingerprint density at radius 2 is 1.62 bits per heavy atom. The molecular weight excluding hydrogens is 202 g/mol. The van der Waals surface area contributed by atoms with Gasteiger partial charge in [0.25, 0.3) is 0 Å². The van der Waals surface area contributed by atoms with E-state index in [0.717, 1.165) is 6.54 Å². The lowest BCUT2D eigenvalue weighted by atomic mass is 10.0. The predicted molar refractivity (Wildman–Crippen MR) is 63.2 cm³/mol. The smallest absolute Gasteiger partial charge is 0.0938 e. The molecule has 0 radical (unpaired) electrons. The van der Waals surface area contributed by atoms with Crippen LogP contribution in [0.3, 0.4) is 0 Å². The monoisotopic (exact) mass is 221 g/mol. The van der Waals surface area contributed by atoms with Gasteiger partial charge >= 0.3 is 0 Å². The van der Waals surface area contributed by atoms with Gasteiger partial charge in [-0.3, -0.25) is 4.90 Å². The highest BCUT2D eigenvalue weighted by atomic mass is 16.3. The summed E-state index contributed by atoms with van der Waals surface area (Å²) in [6.45, 7) is 6.15. The molecule has 2 N–H and O–H groups in total. The van der Waals surface area contributed by atoms with E-state index in [1.807, 2.05) is 0 Å². The number of aryl methyl sites for hydroxylation is 2. The molecule has 0 unspecified atom stereocenters. The van der Waals surface area contributed by atoms with Gasteiger partial charge in [-0.2, -0.15) is 0 Å². The summed E-state index contributed by atoms with van der Waals surface area (Å²) in [7, 11) is 0. The second-order valence-corrected chi connectivity index (χ2v) is 4.70. The summed E-state index contributed by atoms with van der Waals surface area (Å²) in [6.07, 6.45) is -1.19. The number of hydrogen-bond acceptors (Lipinski definition) is 3. The molecule has 2 atom stereocenters. The molecule has 88 valence electrons. The van der Waals surface area contributed by atoms with Gasteiger partial charge in [0.2, 0.25) is 0 Å². The maximum atomic E-state index is 9.49. The molecule has 1 aliphatic heterocycles. The lowest BCUT2D eigenvalue weighted by molar-refractivity contribution is 0.0572. The van der Waals surface area contributed by atoms with Gasteiger partial charge in [0.05, 0.1) is 12.2 Å². The first-order valence-corrected chi connectivity index (χ1v) is 5.71. The molecule has 0 saturated carbocycles. The van der Waals surface area contributed by atoms with Crippen LogP contribution in [0.2, 0.25) is 0 Å². The molecule has 3 nitrogen and oxygen atoms in total. The van der Waals surface area contributed by atoms with Crippen LogP contribution in [0.4, 0.5) is 0 Å². The number of nitrogens with zero attached hydrogens (tertiary/aromatic N) is 1. The molecular formula is C13H19NO2. The molecule has 1 heterocycles. The third-order valence-corrected chi connectivity index (χ3v) is 3.36. The van der Waals surface area contributed by atoms with Crippen LogP contribution in [-0.2, 0) is 6.54 Å². The molecule has 2 rings (SSSR count). The van der Waals surface area contributed by atoms with Crippen molar-refractivity contribution >= 4 is 0 Å². The first kappa shape index (κ1) is 11.6. The molecule has 1 aromatic rings. The maximum absolute atomic E-state index is 9.49. The Morgan fingerprint density at radius 3 is 2.12 bits per heavy atom. The highest BCUT2D eigenvalue weighted by Crippen LogP contribution is 2.19. The third kappa shape index (κ3) is 2.26. The molecule has 0 aromatic heterocycles. The van der Waals surface area contributed by atoms with E-state index in [-0.39, 0.29) is 0 Å². The van der Waals surface area contributed by atoms with E-state index in [4.69, 9.17) is 0 Å². The van der Waals surface area contributed by atoms with E-state index in [0.29, 0.717) is 13.1 Å². The standard InChI is InChI=1S/C13H19NO2/c1-9-4-3-5-10(2)11(9)6-14-7-12(15)13(16)8-14/h3-5,12-13,15-16H,6-8H2,1-2H3/t12-,13+. The predicted octanol–water partition coefficient (Wildman–Crippen LogP) is 0.841. The van der Waals surface area contributed by atoms with Gasteiger partial charge < -0.3 is 10.2 Å². The summed E-state index contributed by atoms with van der Waals surface area (Å²) in [5.41, 5.74) is 3.86. The Morgan fingerprint density at radius 1 is 1.12 bits per heavy atom. The molecule has 0 amide bonds. The topological polar surface area (TPSA) is 43.7 Å². The molecule has 0 spiro atoms. The van der Waals surface area contributed by atoms with Crippen LogP contribution in [0.25, 0.3) is 0 Å². The van der Waals surface area contributed by atoms with Crippen LogP contribution in [0, 0.1) is 13.8 Å². The van der Waals surface area contributed by atoms with E-state index in [9.17, 15) is 10.2 Å². The van der Waals surface area contributed by atoms with Gasteiger partial charge in [0, 0.05) is 19.6 Å². The maximum Gasteiger partial charge on any atom is 0.0938 e. The van der Waals surface area contributed by atoms with Crippen molar-refractivity contribution < 1.29 is 10.2 Å². The Balaban J connectivity index is 2.10. The van der Waals surface area contributed by atoms with Crippen molar-refractivity contribution in [1.82, 2.24) is 4.90 Å². The van der Waals surface area contributed by atoms with Crippen LogP contribution in [0.1, 0.15) is 16.7 Å². The number of benzene rings is 1. The highest BCUT2D eigenvalue weighted by Gasteiger charge is 2.29. The fourth-order valence-corrected chi connectivity index (χ4v) is 2.30. The number of aliphatic hydroxyl groups excluding tert-OH is 2. The zero-order chi connectivity index (χ0) is 11.7. The van der Waals surface area contributed by atoms with Gasteiger partial charge in [-0.1, -0.05) is 18.2 Å². The lowest BCUT2D eigenvalue weighted by Crippen LogP contribution is -2.22. The van der Waals surface area contributed by atoms with Crippen molar-refractivity contribution in [2.24, 2.45) is 0 Å². The number of likely N-dealkylation sites (tertiary alicyclic amines) is 1. The minimum atomic E-state index is -0.593. The molecule has 1 saturated heterocycles. The van der Waals surface area contributed by atoms with Gasteiger partial charge in [0.1, 0.15) is 0 Å². The zero-order valence-corrected chi connectivity index (χ0v) is 9.85. The number of β-amino-alcohol motifs (C(OH)–C–C–N with tert-alkyl or cyclic N) is 2. The average Bonchev–Trinajstić information content (AvgIpc) is 2.53. The summed E-state index contributed by atoms with van der Waals surface area (Å²) < 4.78 is 0. The van der Waals surface area contributed by atoms with Crippen LogP contribution in [0.5, 0.6) is 0 Å². The molecule has 0 aliphatic carbocycles. The zero-order valence-electron chi connectivity index (χ0n) is 9.85. The minimum Gasteiger partial charge on any atom is -0.389 e. The summed E-state index contributed by atoms with van der Waals surface area (Å²) in [5, 5.41) is 19.0. The van der Waals surface area contributed by atoms with Crippen LogP contribution in [-0.4, -0.2) is 40.4 Å². The minimum absolute atomic E-state index is 0.564. The fourth-order valence-electron chi connectivity index (χ4n) is 2.30. The quantitative estimate of drug-likeness (QED) is 0.778. The molecule has 16 heavy (non-hydrogen) atoms. The Kier molecular flexibility index (Phi) is 3.28. The van der Waals surface area contributed by atoms with E-state index >= 15 is 0 Å². The summed E-state index contributed by atoms with van der Waals surface area (Å²) in [6, 6.07) is 6.26.